The van der Waals surface area contributed by atoms with Crippen LogP contribution in [0.4, 0.5) is 0 Å². The fraction of sp³-hybridized carbons (Fsp3) is 0.333. The molecule has 0 aliphatic heterocycles. The number of nitrogens with one attached hydrogen (secondary N) is 1. The van der Waals surface area contributed by atoms with Crippen LogP contribution >= 0.6 is 0 Å². The number of likely N-dealkylation sites (N-methyl/N-ethyl adjacent to an activating group) is 1. The van der Waals surface area contributed by atoms with Crippen LogP contribution in [-0.4, -0.2) is 12.6 Å². The topological polar surface area (TPSA) is 12.0 Å². The molecule has 1 nitrogen and oxygen atoms in total. The van der Waals surface area contributed by atoms with Gasteiger partial charge in [0.25, 0.3) is 0 Å². The van der Waals surface area contributed by atoms with Crippen molar-refractivity contribution in [1.82, 2.24) is 5.32 Å². The molecule has 0 heterocycles. The molecule has 16 heavy (non-hydrogen) atoms. The molecular formula is C15H17N. The van der Waals surface area contributed by atoms with E-state index in [0.29, 0.717) is 6.04 Å². The first-order valence-electron chi connectivity index (χ1n) is 6.11. The molecule has 2 aromatic carbocycles. The van der Waals surface area contributed by atoms with Crippen molar-refractivity contribution >= 4 is 10.8 Å². The molecule has 0 spiro atoms. The van der Waals surface area contributed by atoms with Gasteiger partial charge in [0.1, 0.15) is 0 Å². The fourth-order valence-electron chi connectivity index (χ4n) is 2.88. The maximum atomic E-state index is 3.57. The normalized spacial score (nSPS) is 15.6. The summed E-state index contributed by atoms with van der Waals surface area (Å²) in [5.41, 5.74) is 3.01. The van der Waals surface area contributed by atoms with Gasteiger partial charge in [-0.05, 0) is 41.3 Å². The second-order valence-electron chi connectivity index (χ2n) is 4.60. The first-order valence-corrected chi connectivity index (χ1v) is 6.11. The first kappa shape index (κ1) is 9.86. The van der Waals surface area contributed by atoms with Crippen molar-refractivity contribution in [2.75, 3.05) is 6.54 Å². The highest BCUT2D eigenvalue weighted by molar-refractivity contribution is 5.89. The molecule has 0 aromatic heterocycles. The zero-order valence-electron chi connectivity index (χ0n) is 9.66. The van der Waals surface area contributed by atoms with Gasteiger partial charge in [0.2, 0.25) is 0 Å². The second-order valence-corrected chi connectivity index (χ2v) is 4.60. The second kappa shape index (κ2) is 3.91. The van der Waals surface area contributed by atoms with E-state index in [0.717, 1.165) is 6.54 Å². The van der Waals surface area contributed by atoms with E-state index in [2.05, 4.69) is 48.6 Å². The fourth-order valence-corrected chi connectivity index (χ4v) is 2.88. The van der Waals surface area contributed by atoms with E-state index in [9.17, 15) is 0 Å². The molecule has 0 atom stereocenters. The largest absolute Gasteiger partial charge is 0.314 e. The van der Waals surface area contributed by atoms with Crippen molar-refractivity contribution in [2.24, 2.45) is 0 Å². The summed E-state index contributed by atoms with van der Waals surface area (Å²) in [4.78, 5) is 0. The highest BCUT2D eigenvalue weighted by Crippen LogP contribution is 2.29. The lowest BCUT2D eigenvalue weighted by molar-refractivity contribution is 0.516. The predicted molar refractivity (Wildman–Crippen MR) is 68.8 cm³/mol. The van der Waals surface area contributed by atoms with Gasteiger partial charge in [-0.3, -0.25) is 0 Å². The van der Waals surface area contributed by atoms with Gasteiger partial charge >= 0.3 is 0 Å². The van der Waals surface area contributed by atoms with Crippen LogP contribution in [0.2, 0.25) is 0 Å². The van der Waals surface area contributed by atoms with Gasteiger partial charge in [-0.1, -0.05) is 43.3 Å². The van der Waals surface area contributed by atoms with Crippen LogP contribution in [0.3, 0.4) is 0 Å². The number of hydrogen-bond donors (Lipinski definition) is 1. The van der Waals surface area contributed by atoms with Crippen LogP contribution in [0.5, 0.6) is 0 Å². The molecular weight excluding hydrogens is 194 g/mol. The zero-order valence-corrected chi connectivity index (χ0v) is 9.66. The molecule has 0 unspecified atom stereocenters. The molecule has 1 heteroatoms. The van der Waals surface area contributed by atoms with E-state index < -0.39 is 0 Å². The van der Waals surface area contributed by atoms with Gasteiger partial charge < -0.3 is 5.32 Å². The third kappa shape index (κ3) is 1.52. The van der Waals surface area contributed by atoms with Gasteiger partial charge in [-0.25, -0.2) is 0 Å². The molecule has 0 amide bonds. The van der Waals surface area contributed by atoms with Gasteiger partial charge in [0.05, 0.1) is 0 Å². The summed E-state index contributed by atoms with van der Waals surface area (Å²) < 4.78 is 0. The molecule has 0 saturated heterocycles. The summed E-state index contributed by atoms with van der Waals surface area (Å²) in [5, 5.41) is 6.46. The summed E-state index contributed by atoms with van der Waals surface area (Å²) >= 11 is 0. The molecule has 1 aliphatic carbocycles. The highest BCUT2D eigenvalue weighted by atomic mass is 14.9. The molecule has 1 N–H and O–H groups in total. The Morgan fingerprint density at radius 3 is 2.25 bits per heavy atom. The third-order valence-electron chi connectivity index (χ3n) is 3.50. The van der Waals surface area contributed by atoms with Crippen molar-refractivity contribution < 1.29 is 0 Å². The van der Waals surface area contributed by atoms with E-state index in [4.69, 9.17) is 0 Å². The molecule has 82 valence electrons. The molecule has 3 rings (SSSR count). The van der Waals surface area contributed by atoms with E-state index in [-0.39, 0.29) is 0 Å². The molecule has 0 fully saturated rings. The lowest BCUT2D eigenvalue weighted by atomic mass is 9.86. The van der Waals surface area contributed by atoms with Crippen molar-refractivity contribution in [1.29, 1.82) is 0 Å². The Morgan fingerprint density at radius 1 is 1.06 bits per heavy atom. The number of benzene rings is 2. The Balaban J connectivity index is 2.12. The molecule has 0 bridgehead atoms. The minimum Gasteiger partial charge on any atom is -0.314 e. The van der Waals surface area contributed by atoms with Gasteiger partial charge in [-0.2, -0.15) is 0 Å². The average Bonchev–Trinajstić information content (AvgIpc) is 2.30. The number of hydrogen-bond acceptors (Lipinski definition) is 1. The quantitative estimate of drug-likeness (QED) is 0.805. The molecule has 2 aromatic rings. The van der Waals surface area contributed by atoms with Crippen LogP contribution in [-0.2, 0) is 12.8 Å². The van der Waals surface area contributed by atoms with E-state index in [1.165, 1.54) is 34.7 Å². The highest BCUT2D eigenvalue weighted by Gasteiger charge is 2.19. The molecule has 0 radical (unpaired) electrons. The lowest BCUT2D eigenvalue weighted by Crippen LogP contribution is -2.35. The van der Waals surface area contributed by atoms with E-state index in [1.54, 1.807) is 0 Å². The maximum absolute atomic E-state index is 3.57. The Morgan fingerprint density at radius 2 is 1.69 bits per heavy atom. The van der Waals surface area contributed by atoms with Gasteiger partial charge in [-0.15, -0.1) is 0 Å². The number of rotatable bonds is 2. The first-order chi connectivity index (χ1) is 7.88. The SMILES string of the molecule is CCNC1Cc2cccc3cccc(c23)C1. The Bertz CT molecular complexity index is 475. The van der Waals surface area contributed by atoms with Crippen LogP contribution in [0, 0.1) is 0 Å². The summed E-state index contributed by atoms with van der Waals surface area (Å²) in [6.07, 6.45) is 2.34. The van der Waals surface area contributed by atoms with Crippen molar-refractivity contribution in [3.63, 3.8) is 0 Å². The van der Waals surface area contributed by atoms with Crippen LogP contribution in [0.15, 0.2) is 36.4 Å². The smallest absolute Gasteiger partial charge is 0.0148 e. The van der Waals surface area contributed by atoms with Crippen LogP contribution in [0.25, 0.3) is 10.8 Å². The standard InChI is InChI=1S/C15H17N/c1-2-16-14-9-12-7-3-5-11-6-4-8-13(10-14)15(11)12/h3-8,14,16H,2,9-10H2,1H3. The van der Waals surface area contributed by atoms with Crippen LogP contribution in [0.1, 0.15) is 18.1 Å². The Labute approximate surface area is 96.5 Å². The van der Waals surface area contributed by atoms with Crippen molar-refractivity contribution in [2.45, 2.75) is 25.8 Å². The van der Waals surface area contributed by atoms with Gasteiger partial charge in [0.15, 0.2) is 0 Å². The average molecular weight is 211 g/mol. The lowest BCUT2D eigenvalue weighted by Gasteiger charge is -2.25. The summed E-state index contributed by atoms with van der Waals surface area (Å²) in [6.45, 7) is 3.24. The van der Waals surface area contributed by atoms with Crippen LogP contribution < -0.4 is 5.32 Å². The van der Waals surface area contributed by atoms with Crippen molar-refractivity contribution in [3.05, 3.63) is 47.5 Å². The Kier molecular flexibility index (Phi) is 2.41. The molecule has 1 aliphatic rings. The summed E-state index contributed by atoms with van der Waals surface area (Å²) in [5.74, 6) is 0. The Hall–Kier alpha value is -1.34. The minimum atomic E-state index is 0.616. The summed E-state index contributed by atoms with van der Waals surface area (Å²) in [7, 11) is 0. The monoisotopic (exact) mass is 211 g/mol. The maximum Gasteiger partial charge on any atom is 0.0148 e. The molecule has 0 saturated carbocycles. The van der Waals surface area contributed by atoms with E-state index >= 15 is 0 Å². The third-order valence-corrected chi connectivity index (χ3v) is 3.50. The summed E-state index contributed by atoms with van der Waals surface area (Å²) in [6, 6.07) is 14.0. The predicted octanol–water partition coefficient (Wildman–Crippen LogP) is 2.92. The minimum absolute atomic E-state index is 0.616. The van der Waals surface area contributed by atoms with Gasteiger partial charge in [0, 0.05) is 6.04 Å². The van der Waals surface area contributed by atoms with E-state index in [1.807, 2.05) is 0 Å². The van der Waals surface area contributed by atoms with Crippen molar-refractivity contribution in [3.8, 4) is 0 Å². The zero-order chi connectivity index (χ0) is 11.0.